The van der Waals surface area contributed by atoms with Gasteiger partial charge in [0.05, 0.1) is 0 Å². The minimum atomic E-state index is 0.914. The first-order chi connectivity index (χ1) is 25.8. The van der Waals surface area contributed by atoms with Crippen LogP contribution in [-0.4, -0.2) is 0 Å². The molecule has 10 rings (SSSR count). The van der Waals surface area contributed by atoms with Crippen LogP contribution < -0.4 is 4.90 Å². The van der Waals surface area contributed by atoms with E-state index in [0.717, 1.165) is 46.5 Å². The molecular formula is C50H35NO. The number of furan rings is 1. The molecule has 0 amide bonds. The monoisotopic (exact) mass is 665 g/mol. The van der Waals surface area contributed by atoms with E-state index in [4.69, 9.17) is 4.42 Å². The molecule has 0 atom stereocenters. The summed E-state index contributed by atoms with van der Waals surface area (Å²) < 4.78 is 6.56. The highest BCUT2D eigenvalue weighted by Gasteiger charge is 2.18. The third-order valence-electron chi connectivity index (χ3n) is 10.5. The van der Waals surface area contributed by atoms with Crippen LogP contribution in [0.5, 0.6) is 0 Å². The van der Waals surface area contributed by atoms with Crippen molar-refractivity contribution in [1.29, 1.82) is 0 Å². The van der Waals surface area contributed by atoms with E-state index in [0.29, 0.717) is 0 Å². The molecule has 0 bridgehead atoms. The van der Waals surface area contributed by atoms with Crippen molar-refractivity contribution >= 4 is 66.1 Å². The van der Waals surface area contributed by atoms with E-state index in [9.17, 15) is 0 Å². The molecule has 8 aromatic carbocycles. The van der Waals surface area contributed by atoms with Crippen LogP contribution in [0.25, 0.3) is 71.3 Å². The molecule has 2 heteroatoms. The maximum atomic E-state index is 6.56. The molecule has 2 nitrogen and oxygen atoms in total. The summed E-state index contributed by atoms with van der Waals surface area (Å²) in [5, 5.41) is 7.25. The Morgan fingerprint density at radius 1 is 0.442 bits per heavy atom. The van der Waals surface area contributed by atoms with Gasteiger partial charge in [-0.05, 0) is 117 Å². The molecule has 1 heterocycles. The highest BCUT2D eigenvalue weighted by molar-refractivity contribution is 6.18. The van der Waals surface area contributed by atoms with E-state index >= 15 is 0 Å². The van der Waals surface area contributed by atoms with Crippen molar-refractivity contribution in [3.63, 3.8) is 0 Å². The second-order valence-electron chi connectivity index (χ2n) is 13.6. The third kappa shape index (κ3) is 5.20. The summed E-state index contributed by atoms with van der Waals surface area (Å²) in [4.78, 5) is 2.32. The number of allylic oxidation sites excluding steroid dienone is 4. The van der Waals surface area contributed by atoms with Gasteiger partial charge in [0.2, 0.25) is 0 Å². The molecule has 52 heavy (non-hydrogen) atoms. The van der Waals surface area contributed by atoms with Gasteiger partial charge in [-0.25, -0.2) is 0 Å². The maximum Gasteiger partial charge on any atom is 0.143 e. The van der Waals surface area contributed by atoms with Crippen LogP contribution in [0.4, 0.5) is 17.1 Å². The first-order valence-corrected chi connectivity index (χ1v) is 18.1. The number of rotatable bonds is 6. The van der Waals surface area contributed by atoms with Crippen molar-refractivity contribution in [2.45, 2.75) is 12.8 Å². The van der Waals surface area contributed by atoms with Gasteiger partial charge in [0.1, 0.15) is 11.2 Å². The van der Waals surface area contributed by atoms with Crippen molar-refractivity contribution in [1.82, 2.24) is 0 Å². The predicted molar refractivity (Wildman–Crippen MR) is 221 cm³/mol. The lowest BCUT2D eigenvalue weighted by Gasteiger charge is -2.26. The van der Waals surface area contributed by atoms with Crippen LogP contribution >= 0.6 is 0 Å². The Bertz CT molecular complexity index is 2820. The van der Waals surface area contributed by atoms with Gasteiger partial charge in [0.15, 0.2) is 0 Å². The normalized spacial score (nSPS) is 12.9. The van der Waals surface area contributed by atoms with E-state index in [1.807, 2.05) is 0 Å². The quantitative estimate of drug-likeness (QED) is 0.176. The molecule has 9 aromatic rings. The maximum absolute atomic E-state index is 6.56. The number of hydrogen-bond donors (Lipinski definition) is 0. The first kappa shape index (κ1) is 30.2. The zero-order valence-electron chi connectivity index (χ0n) is 28.7. The smallest absolute Gasteiger partial charge is 0.143 e. The van der Waals surface area contributed by atoms with Crippen LogP contribution in [0.1, 0.15) is 18.4 Å². The van der Waals surface area contributed by atoms with E-state index in [-0.39, 0.29) is 0 Å². The van der Waals surface area contributed by atoms with Gasteiger partial charge in [-0.1, -0.05) is 133 Å². The molecule has 0 spiro atoms. The number of anilines is 3. The average Bonchev–Trinajstić information content (AvgIpc) is 3.60. The van der Waals surface area contributed by atoms with Gasteiger partial charge >= 0.3 is 0 Å². The van der Waals surface area contributed by atoms with Crippen LogP contribution in [0, 0.1) is 0 Å². The fourth-order valence-corrected chi connectivity index (χ4v) is 7.96. The Labute approximate surface area is 303 Å². The number of hydrogen-bond acceptors (Lipinski definition) is 2. The standard InChI is InChI=1S/C50H35NO/c1-3-12-36(13-4-1)46-33-48-47-32-38(26-31-49(47)52-50(48)45-20-10-9-19-44(45)46)34-22-27-40(28-23-34)51(39-16-5-2-6-17-39)41-29-24-37(25-30-41)43-21-11-15-35-14-7-8-18-42(35)43/h1-3,5-12,14-33H,4,13H2. The summed E-state index contributed by atoms with van der Waals surface area (Å²) in [5.41, 5.74) is 12.7. The number of nitrogens with zero attached hydrogens (tertiary/aromatic N) is 1. The zero-order chi connectivity index (χ0) is 34.4. The van der Waals surface area contributed by atoms with E-state index in [2.05, 4.69) is 193 Å². The Balaban J connectivity index is 1.03. The molecule has 246 valence electrons. The minimum Gasteiger partial charge on any atom is -0.455 e. The lowest BCUT2D eigenvalue weighted by atomic mass is 9.91. The first-order valence-electron chi connectivity index (χ1n) is 18.1. The minimum absolute atomic E-state index is 0.914. The Morgan fingerprint density at radius 3 is 1.87 bits per heavy atom. The largest absolute Gasteiger partial charge is 0.455 e. The molecule has 1 aromatic heterocycles. The van der Waals surface area contributed by atoms with E-state index < -0.39 is 0 Å². The lowest BCUT2D eigenvalue weighted by Crippen LogP contribution is -2.09. The molecule has 0 N–H and O–H groups in total. The molecule has 1 aliphatic rings. The van der Waals surface area contributed by atoms with Crippen LogP contribution in [0.2, 0.25) is 0 Å². The topological polar surface area (TPSA) is 16.4 Å². The molecule has 1 aliphatic carbocycles. The van der Waals surface area contributed by atoms with Crippen molar-refractivity contribution in [2.24, 2.45) is 0 Å². The Kier molecular flexibility index (Phi) is 7.32. The molecule has 0 fully saturated rings. The lowest BCUT2D eigenvalue weighted by molar-refractivity contribution is 0.672. The zero-order valence-corrected chi connectivity index (χ0v) is 28.7. The molecule has 0 saturated heterocycles. The summed E-state index contributed by atoms with van der Waals surface area (Å²) in [5.74, 6) is 0. The summed E-state index contributed by atoms with van der Waals surface area (Å²) >= 11 is 0. The van der Waals surface area contributed by atoms with E-state index in [1.54, 1.807) is 0 Å². The van der Waals surface area contributed by atoms with Crippen LogP contribution in [0.15, 0.2) is 193 Å². The van der Waals surface area contributed by atoms with E-state index in [1.165, 1.54) is 60.3 Å². The second kappa shape index (κ2) is 12.6. The molecule has 0 radical (unpaired) electrons. The van der Waals surface area contributed by atoms with Gasteiger partial charge in [-0.2, -0.15) is 0 Å². The SMILES string of the molecule is C1=CCCC(c2cc3c4cc(-c5ccc(N(c6ccccc6)c6ccc(-c7cccc8ccccc78)cc6)cc5)ccc4oc3c3ccccc23)=C1. The molecule has 0 saturated carbocycles. The Hall–Kier alpha value is -6.64. The van der Waals surface area contributed by atoms with Gasteiger partial charge in [-0.15, -0.1) is 0 Å². The fourth-order valence-electron chi connectivity index (χ4n) is 7.96. The van der Waals surface area contributed by atoms with Crippen molar-refractivity contribution in [3.05, 3.63) is 194 Å². The summed E-state index contributed by atoms with van der Waals surface area (Å²) in [7, 11) is 0. The van der Waals surface area contributed by atoms with Gasteiger partial charge in [0.25, 0.3) is 0 Å². The van der Waals surface area contributed by atoms with Crippen molar-refractivity contribution < 1.29 is 4.42 Å². The van der Waals surface area contributed by atoms with Gasteiger partial charge < -0.3 is 9.32 Å². The highest BCUT2D eigenvalue weighted by Crippen LogP contribution is 2.42. The van der Waals surface area contributed by atoms with Crippen molar-refractivity contribution in [2.75, 3.05) is 4.90 Å². The van der Waals surface area contributed by atoms with Gasteiger partial charge in [-0.3, -0.25) is 0 Å². The van der Waals surface area contributed by atoms with Crippen molar-refractivity contribution in [3.8, 4) is 22.3 Å². The predicted octanol–water partition coefficient (Wildman–Crippen LogP) is 14.4. The fraction of sp³-hybridized carbons (Fsp3) is 0.0400. The highest BCUT2D eigenvalue weighted by atomic mass is 16.3. The van der Waals surface area contributed by atoms with Crippen LogP contribution in [-0.2, 0) is 0 Å². The molecular weight excluding hydrogens is 631 g/mol. The van der Waals surface area contributed by atoms with Crippen LogP contribution in [0.3, 0.4) is 0 Å². The summed E-state index contributed by atoms with van der Waals surface area (Å²) in [6.07, 6.45) is 8.82. The van der Waals surface area contributed by atoms with Gasteiger partial charge in [0, 0.05) is 33.2 Å². The average molecular weight is 666 g/mol. The number of para-hydroxylation sites is 1. The summed E-state index contributed by atoms with van der Waals surface area (Å²) in [6.45, 7) is 0. The molecule has 0 aliphatic heterocycles. The molecule has 0 unspecified atom stereocenters. The summed E-state index contributed by atoms with van der Waals surface area (Å²) in [6, 6.07) is 61.2. The Morgan fingerprint density at radius 2 is 1.10 bits per heavy atom. The third-order valence-corrected chi connectivity index (χ3v) is 10.5. The number of benzene rings is 8. The number of fused-ring (bicyclic) bond motifs is 6. The second-order valence-corrected chi connectivity index (χ2v) is 13.6.